The molecule has 0 aromatic heterocycles. The van der Waals surface area contributed by atoms with Gasteiger partial charge in [-0.25, -0.2) is 4.79 Å². The summed E-state index contributed by atoms with van der Waals surface area (Å²) in [5.74, 6) is 0.848. The van der Waals surface area contributed by atoms with Crippen LogP contribution in [0, 0.1) is 6.92 Å². The van der Waals surface area contributed by atoms with E-state index < -0.39 is 0 Å². The maximum atomic E-state index is 12.1. The summed E-state index contributed by atoms with van der Waals surface area (Å²) in [6.45, 7) is 3.03. The molecule has 2 bridgehead atoms. The van der Waals surface area contributed by atoms with Crippen LogP contribution in [0.5, 0.6) is 5.75 Å². The smallest absolute Gasteiger partial charge is 0.315 e. The zero-order chi connectivity index (χ0) is 16.9. The maximum Gasteiger partial charge on any atom is 0.315 e. The molecule has 2 saturated heterocycles. The van der Waals surface area contributed by atoms with Gasteiger partial charge in [-0.2, -0.15) is 0 Å². The number of aryl methyl sites for hydroxylation is 1. The number of ether oxygens (including phenoxy) is 1. The van der Waals surface area contributed by atoms with Gasteiger partial charge in [-0.15, -0.1) is 0 Å². The summed E-state index contributed by atoms with van der Waals surface area (Å²) >= 11 is 0. The van der Waals surface area contributed by atoms with Crippen molar-refractivity contribution in [2.24, 2.45) is 0 Å². The molecule has 2 fully saturated rings. The first-order valence-corrected chi connectivity index (χ1v) is 9.07. The summed E-state index contributed by atoms with van der Waals surface area (Å²) < 4.78 is 5.65. The van der Waals surface area contributed by atoms with Crippen LogP contribution >= 0.6 is 0 Å². The third kappa shape index (κ3) is 4.41. The van der Waals surface area contributed by atoms with Crippen molar-refractivity contribution in [1.29, 1.82) is 0 Å². The molecule has 5 heteroatoms. The molecule has 0 spiro atoms. The summed E-state index contributed by atoms with van der Waals surface area (Å²) in [7, 11) is 2.23. The van der Waals surface area contributed by atoms with Gasteiger partial charge in [0.15, 0.2) is 0 Å². The van der Waals surface area contributed by atoms with Gasteiger partial charge in [0, 0.05) is 18.1 Å². The SMILES string of the molecule is Cc1cccc(OCCNC(=O)NC2CC3CCCC(C2)N3C)c1. The summed E-state index contributed by atoms with van der Waals surface area (Å²) in [6.07, 6.45) is 5.99. The number of fused-ring (bicyclic) bond motifs is 2. The minimum atomic E-state index is -0.0736. The second-order valence-electron chi connectivity index (χ2n) is 7.14. The monoisotopic (exact) mass is 331 g/mol. The Labute approximate surface area is 144 Å². The zero-order valence-corrected chi connectivity index (χ0v) is 14.8. The molecule has 2 N–H and O–H groups in total. The Balaban J connectivity index is 1.35. The molecule has 0 aliphatic carbocycles. The van der Waals surface area contributed by atoms with Gasteiger partial charge < -0.3 is 20.3 Å². The first-order valence-electron chi connectivity index (χ1n) is 9.07. The van der Waals surface area contributed by atoms with Crippen LogP contribution in [-0.4, -0.2) is 49.3 Å². The standard InChI is InChI=1S/C19H29N3O2/c1-14-5-3-8-18(11-14)24-10-9-20-19(23)21-15-12-16-6-4-7-17(13-15)22(16)2/h3,5,8,11,15-17H,4,6-7,9-10,12-13H2,1-2H3,(H2,20,21,23). The van der Waals surface area contributed by atoms with Crippen molar-refractivity contribution in [3.05, 3.63) is 29.8 Å². The van der Waals surface area contributed by atoms with Crippen LogP contribution in [0.25, 0.3) is 0 Å². The molecule has 0 saturated carbocycles. The van der Waals surface area contributed by atoms with E-state index >= 15 is 0 Å². The Morgan fingerprint density at radius 2 is 2.04 bits per heavy atom. The quantitative estimate of drug-likeness (QED) is 0.816. The van der Waals surface area contributed by atoms with Crippen LogP contribution in [0.4, 0.5) is 4.79 Å². The third-order valence-corrected chi connectivity index (χ3v) is 5.32. The van der Waals surface area contributed by atoms with Crippen LogP contribution in [0.15, 0.2) is 24.3 Å². The van der Waals surface area contributed by atoms with Crippen LogP contribution in [0.1, 0.15) is 37.7 Å². The van der Waals surface area contributed by atoms with E-state index in [0.29, 0.717) is 31.3 Å². The topological polar surface area (TPSA) is 53.6 Å². The number of hydrogen-bond acceptors (Lipinski definition) is 3. The molecule has 3 rings (SSSR count). The van der Waals surface area contributed by atoms with Crippen molar-refractivity contribution in [1.82, 2.24) is 15.5 Å². The molecule has 2 atom stereocenters. The average Bonchev–Trinajstić information content (AvgIpc) is 2.53. The number of carbonyl (C=O) groups is 1. The molecule has 2 unspecified atom stereocenters. The Kier molecular flexibility index (Phi) is 5.61. The number of urea groups is 1. The number of nitrogens with one attached hydrogen (secondary N) is 2. The minimum absolute atomic E-state index is 0.0736. The zero-order valence-electron chi connectivity index (χ0n) is 14.8. The van der Waals surface area contributed by atoms with Crippen molar-refractivity contribution in [3.63, 3.8) is 0 Å². The van der Waals surface area contributed by atoms with Crippen molar-refractivity contribution < 1.29 is 9.53 Å². The first-order chi connectivity index (χ1) is 11.6. The Hall–Kier alpha value is -1.75. The second-order valence-corrected chi connectivity index (χ2v) is 7.14. The van der Waals surface area contributed by atoms with Crippen molar-refractivity contribution in [3.8, 4) is 5.75 Å². The fourth-order valence-corrected chi connectivity index (χ4v) is 4.01. The summed E-state index contributed by atoms with van der Waals surface area (Å²) in [5, 5.41) is 6.05. The molecular weight excluding hydrogens is 302 g/mol. The third-order valence-electron chi connectivity index (χ3n) is 5.32. The summed E-state index contributed by atoms with van der Waals surface area (Å²) in [6, 6.07) is 9.43. The number of benzene rings is 1. The number of hydrogen-bond donors (Lipinski definition) is 2. The van der Waals surface area contributed by atoms with Gasteiger partial charge in [0.25, 0.3) is 0 Å². The predicted octanol–water partition coefficient (Wildman–Crippen LogP) is 2.69. The van der Waals surface area contributed by atoms with Crippen LogP contribution < -0.4 is 15.4 Å². The molecule has 2 aliphatic heterocycles. The van der Waals surface area contributed by atoms with E-state index in [2.05, 4.69) is 22.6 Å². The first kappa shape index (κ1) is 17.1. The Bertz CT molecular complexity index is 549. The van der Waals surface area contributed by atoms with E-state index in [9.17, 15) is 4.79 Å². The number of rotatable bonds is 5. The molecule has 2 aliphatic rings. The maximum absolute atomic E-state index is 12.1. The normalized spacial score (nSPS) is 26.7. The lowest BCUT2D eigenvalue weighted by Gasteiger charge is -2.47. The molecule has 1 aromatic carbocycles. The number of amides is 2. The van der Waals surface area contributed by atoms with E-state index in [1.165, 1.54) is 24.8 Å². The van der Waals surface area contributed by atoms with Crippen molar-refractivity contribution in [2.45, 2.75) is 57.2 Å². The van der Waals surface area contributed by atoms with Crippen molar-refractivity contribution >= 4 is 6.03 Å². The average molecular weight is 331 g/mol. The summed E-state index contributed by atoms with van der Waals surface area (Å²) in [4.78, 5) is 14.6. The van der Waals surface area contributed by atoms with E-state index in [0.717, 1.165) is 18.6 Å². The van der Waals surface area contributed by atoms with Gasteiger partial charge in [-0.05, 0) is 57.4 Å². The molecular formula is C19H29N3O2. The van der Waals surface area contributed by atoms with Gasteiger partial charge >= 0.3 is 6.03 Å². The second kappa shape index (κ2) is 7.88. The summed E-state index contributed by atoms with van der Waals surface area (Å²) in [5.41, 5.74) is 1.17. The van der Waals surface area contributed by atoms with E-state index in [4.69, 9.17) is 4.74 Å². The van der Waals surface area contributed by atoms with Gasteiger partial charge in [-0.1, -0.05) is 18.6 Å². The number of carbonyl (C=O) groups excluding carboxylic acids is 1. The fourth-order valence-electron chi connectivity index (χ4n) is 4.01. The molecule has 132 valence electrons. The lowest BCUT2D eigenvalue weighted by atomic mass is 9.82. The Morgan fingerprint density at radius 3 is 2.75 bits per heavy atom. The highest BCUT2D eigenvalue weighted by Crippen LogP contribution is 2.32. The molecule has 2 amide bonds. The number of piperidine rings is 2. The highest BCUT2D eigenvalue weighted by molar-refractivity contribution is 5.74. The van der Waals surface area contributed by atoms with Crippen LogP contribution in [-0.2, 0) is 0 Å². The van der Waals surface area contributed by atoms with E-state index in [1.807, 2.05) is 31.2 Å². The van der Waals surface area contributed by atoms with Gasteiger partial charge in [0.1, 0.15) is 12.4 Å². The molecule has 24 heavy (non-hydrogen) atoms. The van der Waals surface area contributed by atoms with Gasteiger partial charge in [-0.3, -0.25) is 0 Å². The predicted molar refractivity (Wildman–Crippen MR) is 95.4 cm³/mol. The molecule has 0 radical (unpaired) electrons. The highest BCUT2D eigenvalue weighted by Gasteiger charge is 2.36. The Morgan fingerprint density at radius 1 is 1.29 bits per heavy atom. The van der Waals surface area contributed by atoms with Crippen LogP contribution in [0.2, 0.25) is 0 Å². The van der Waals surface area contributed by atoms with Gasteiger partial charge in [0.2, 0.25) is 0 Å². The fraction of sp³-hybridized carbons (Fsp3) is 0.632. The molecule has 1 aromatic rings. The van der Waals surface area contributed by atoms with Crippen LogP contribution in [0.3, 0.4) is 0 Å². The van der Waals surface area contributed by atoms with E-state index in [-0.39, 0.29) is 6.03 Å². The van der Waals surface area contributed by atoms with Gasteiger partial charge in [0.05, 0.1) is 6.54 Å². The molecule has 2 heterocycles. The number of nitrogens with zero attached hydrogens (tertiary/aromatic N) is 1. The largest absolute Gasteiger partial charge is 0.492 e. The molecule has 5 nitrogen and oxygen atoms in total. The highest BCUT2D eigenvalue weighted by atomic mass is 16.5. The minimum Gasteiger partial charge on any atom is -0.492 e. The van der Waals surface area contributed by atoms with E-state index in [1.54, 1.807) is 0 Å². The lowest BCUT2D eigenvalue weighted by molar-refractivity contribution is 0.0509. The van der Waals surface area contributed by atoms with Crippen molar-refractivity contribution in [2.75, 3.05) is 20.2 Å². The lowest BCUT2D eigenvalue weighted by Crippen LogP contribution is -2.56.